The summed E-state index contributed by atoms with van der Waals surface area (Å²) < 4.78 is 54.1. The number of halogens is 3. The van der Waals surface area contributed by atoms with Crippen molar-refractivity contribution in [1.29, 1.82) is 0 Å². The molecule has 0 radical (unpaired) electrons. The predicted octanol–water partition coefficient (Wildman–Crippen LogP) is 4.40. The number of hydrogen-bond donors (Lipinski definition) is 0. The van der Waals surface area contributed by atoms with E-state index in [9.17, 15) is 22.8 Å². The number of aromatic nitrogens is 4. The smallest absolute Gasteiger partial charge is 0.437 e. The van der Waals surface area contributed by atoms with Gasteiger partial charge in [0.1, 0.15) is 24.3 Å². The number of rotatable bonds is 8. The molecule has 36 heavy (non-hydrogen) atoms. The average Bonchev–Trinajstić information content (AvgIpc) is 3.19. The number of carbonyl (C=O) groups excluding carboxylic acids is 2. The van der Waals surface area contributed by atoms with Gasteiger partial charge in [-0.05, 0) is 56.6 Å². The van der Waals surface area contributed by atoms with Crippen molar-refractivity contribution in [3.05, 3.63) is 23.5 Å². The number of aldehydes is 1. The van der Waals surface area contributed by atoms with Crippen LogP contribution in [0.4, 0.5) is 18.0 Å². The second-order valence-electron chi connectivity index (χ2n) is 9.58. The molecule has 4 rings (SSSR count). The summed E-state index contributed by atoms with van der Waals surface area (Å²) in [5, 5.41) is 7.86. The van der Waals surface area contributed by atoms with E-state index >= 15 is 0 Å². The lowest BCUT2D eigenvalue weighted by Crippen LogP contribution is -2.34. The van der Waals surface area contributed by atoms with Crippen molar-refractivity contribution in [2.24, 2.45) is 18.9 Å². The summed E-state index contributed by atoms with van der Waals surface area (Å²) in [5.74, 6) is -0.139. The van der Waals surface area contributed by atoms with E-state index in [1.54, 1.807) is 14.1 Å². The molecule has 0 aliphatic heterocycles. The van der Waals surface area contributed by atoms with Gasteiger partial charge in [-0.2, -0.15) is 13.2 Å². The summed E-state index contributed by atoms with van der Waals surface area (Å²) >= 11 is 0. The second kappa shape index (κ2) is 10.8. The molecule has 0 bridgehead atoms. The molecule has 0 unspecified atom stereocenters. The van der Waals surface area contributed by atoms with Gasteiger partial charge < -0.3 is 19.2 Å². The third-order valence-corrected chi connectivity index (χ3v) is 6.87. The first kappa shape index (κ1) is 25.9. The summed E-state index contributed by atoms with van der Waals surface area (Å²) in [5.41, 5.74) is -0.841. The van der Waals surface area contributed by atoms with Crippen molar-refractivity contribution in [2.75, 3.05) is 13.6 Å². The van der Waals surface area contributed by atoms with Crippen LogP contribution in [0.1, 0.15) is 56.3 Å². The van der Waals surface area contributed by atoms with Crippen LogP contribution in [0.5, 0.6) is 5.75 Å². The van der Waals surface area contributed by atoms with Crippen molar-refractivity contribution in [3.63, 3.8) is 0 Å². The number of ether oxygens (including phenoxy) is 2. The van der Waals surface area contributed by atoms with Gasteiger partial charge in [0, 0.05) is 26.6 Å². The van der Waals surface area contributed by atoms with Crippen LogP contribution in [0.2, 0.25) is 0 Å². The Labute approximate surface area is 207 Å². The highest BCUT2D eigenvalue weighted by Crippen LogP contribution is 2.38. The number of nitrogens with zero attached hydrogens (tertiary/aromatic N) is 5. The predicted molar refractivity (Wildman–Crippen MR) is 122 cm³/mol. The molecule has 2 aliphatic rings. The maximum atomic E-state index is 13.9. The number of hydrogen-bond acceptors (Lipinski definition) is 7. The van der Waals surface area contributed by atoms with Crippen LogP contribution >= 0.6 is 0 Å². The fourth-order valence-corrected chi connectivity index (χ4v) is 4.58. The lowest BCUT2D eigenvalue weighted by Gasteiger charge is -2.29. The topological polar surface area (TPSA) is 99.4 Å². The minimum absolute atomic E-state index is 0.0638. The molecule has 0 aromatic carbocycles. The van der Waals surface area contributed by atoms with Crippen LogP contribution in [-0.2, 0) is 29.4 Å². The van der Waals surface area contributed by atoms with Crippen molar-refractivity contribution in [3.8, 4) is 17.1 Å². The van der Waals surface area contributed by atoms with Gasteiger partial charge in [0.25, 0.3) is 0 Å². The van der Waals surface area contributed by atoms with Crippen molar-refractivity contribution < 1.29 is 32.2 Å². The Kier molecular flexibility index (Phi) is 7.79. The molecular weight excluding hydrogens is 479 g/mol. The lowest BCUT2D eigenvalue weighted by molar-refractivity contribution is -0.143. The van der Waals surface area contributed by atoms with Gasteiger partial charge in [0.05, 0.1) is 11.8 Å². The Bertz CT molecular complexity index is 1090. The van der Waals surface area contributed by atoms with E-state index in [0.717, 1.165) is 25.5 Å². The van der Waals surface area contributed by atoms with Crippen LogP contribution in [0.15, 0.2) is 12.1 Å². The number of carbonyl (C=O) groups is 2. The standard InChI is InChI=1S/C24H30F3N5O4/c1-31(12-15-5-3-6-15)23(34)35-14-19-21(29-30-32(19)2)18-9-10-20(22(28-18)24(25,26)27)36-17-8-4-7-16(11-17)13-33/h9-10,13,15-17H,3-8,11-12,14H2,1-2H3/t16-,17-/m0/s1. The number of pyridine rings is 1. The van der Waals surface area contributed by atoms with E-state index in [1.165, 1.54) is 21.7 Å². The monoisotopic (exact) mass is 509 g/mol. The zero-order valence-electron chi connectivity index (χ0n) is 20.3. The first-order chi connectivity index (χ1) is 17.2. The zero-order valence-corrected chi connectivity index (χ0v) is 20.3. The quantitative estimate of drug-likeness (QED) is 0.487. The highest BCUT2D eigenvalue weighted by molar-refractivity contribution is 5.67. The number of alkyl halides is 3. The van der Waals surface area contributed by atoms with Gasteiger partial charge in [0.2, 0.25) is 0 Å². The molecule has 2 aromatic heterocycles. The van der Waals surface area contributed by atoms with Crippen LogP contribution in [0, 0.1) is 11.8 Å². The summed E-state index contributed by atoms with van der Waals surface area (Å²) in [6.07, 6.45) is 0.718. The molecule has 0 N–H and O–H groups in total. The maximum Gasteiger partial charge on any atom is 0.437 e. The Morgan fingerprint density at radius 3 is 2.64 bits per heavy atom. The molecule has 196 valence electrons. The van der Waals surface area contributed by atoms with Gasteiger partial charge in [-0.1, -0.05) is 11.6 Å². The van der Waals surface area contributed by atoms with E-state index < -0.39 is 29.8 Å². The molecule has 1 amide bonds. The van der Waals surface area contributed by atoms with E-state index in [4.69, 9.17) is 9.47 Å². The van der Waals surface area contributed by atoms with Gasteiger partial charge in [-0.3, -0.25) is 0 Å². The molecular formula is C24H30F3N5O4. The minimum Gasteiger partial charge on any atom is -0.488 e. The maximum absolute atomic E-state index is 13.9. The third kappa shape index (κ3) is 5.96. The molecule has 2 fully saturated rings. The molecule has 2 aromatic rings. The third-order valence-electron chi connectivity index (χ3n) is 6.87. The highest BCUT2D eigenvalue weighted by Gasteiger charge is 2.38. The van der Waals surface area contributed by atoms with E-state index in [2.05, 4.69) is 15.3 Å². The highest BCUT2D eigenvalue weighted by atomic mass is 19.4. The molecule has 2 heterocycles. The van der Waals surface area contributed by atoms with Crippen LogP contribution < -0.4 is 4.74 Å². The largest absolute Gasteiger partial charge is 0.488 e. The normalized spacial score (nSPS) is 20.5. The molecule has 0 spiro atoms. The van der Waals surface area contributed by atoms with E-state index in [1.807, 2.05) is 0 Å². The summed E-state index contributed by atoms with van der Waals surface area (Å²) in [6, 6.07) is 2.59. The molecule has 2 aliphatic carbocycles. The van der Waals surface area contributed by atoms with Gasteiger partial charge in [-0.15, -0.1) is 5.10 Å². The molecule has 0 saturated heterocycles. The van der Waals surface area contributed by atoms with Crippen LogP contribution in [0.25, 0.3) is 11.4 Å². The molecule has 12 heteroatoms. The van der Waals surface area contributed by atoms with E-state index in [0.29, 0.717) is 43.8 Å². The van der Waals surface area contributed by atoms with Gasteiger partial charge in [0.15, 0.2) is 11.4 Å². The second-order valence-corrected chi connectivity index (χ2v) is 9.58. The number of amides is 1. The van der Waals surface area contributed by atoms with Gasteiger partial charge in [-0.25, -0.2) is 14.5 Å². The van der Waals surface area contributed by atoms with Gasteiger partial charge >= 0.3 is 12.3 Å². The van der Waals surface area contributed by atoms with Crippen molar-refractivity contribution in [1.82, 2.24) is 24.9 Å². The first-order valence-corrected chi connectivity index (χ1v) is 12.1. The Hall–Kier alpha value is -3.18. The van der Waals surface area contributed by atoms with Crippen LogP contribution in [-0.4, -0.2) is 57.0 Å². The summed E-state index contributed by atoms with van der Waals surface area (Å²) in [6.45, 7) is 0.380. The summed E-state index contributed by atoms with van der Waals surface area (Å²) in [4.78, 5) is 28.8. The fraction of sp³-hybridized carbons (Fsp3) is 0.625. The Morgan fingerprint density at radius 1 is 1.22 bits per heavy atom. The van der Waals surface area contributed by atoms with Crippen molar-refractivity contribution in [2.45, 2.75) is 63.8 Å². The van der Waals surface area contributed by atoms with E-state index in [-0.39, 0.29) is 23.9 Å². The molecule has 2 saturated carbocycles. The van der Waals surface area contributed by atoms with Crippen LogP contribution in [0.3, 0.4) is 0 Å². The number of aryl methyl sites for hydroxylation is 1. The Morgan fingerprint density at radius 2 is 1.97 bits per heavy atom. The average molecular weight is 510 g/mol. The SMILES string of the molecule is CN(CC1CCC1)C(=O)OCc1c(-c2ccc(O[C@H]3CCC[C@H](C=O)C3)c(C(F)(F)F)n2)nnn1C. The minimum atomic E-state index is -4.77. The fourth-order valence-electron chi connectivity index (χ4n) is 4.58. The van der Waals surface area contributed by atoms with Crippen molar-refractivity contribution >= 4 is 12.4 Å². The zero-order chi connectivity index (χ0) is 25.9. The summed E-state index contributed by atoms with van der Waals surface area (Å²) in [7, 11) is 3.22. The molecule has 9 nitrogen and oxygen atoms in total. The Balaban J connectivity index is 1.51. The molecule has 2 atom stereocenters. The lowest BCUT2D eigenvalue weighted by atomic mass is 9.85. The first-order valence-electron chi connectivity index (χ1n) is 12.1.